The molecule has 0 aliphatic heterocycles. The van der Waals surface area contributed by atoms with Gasteiger partial charge in [0.2, 0.25) is 0 Å². The van der Waals surface area contributed by atoms with Crippen molar-refractivity contribution in [3.8, 4) is 6.07 Å². The Bertz CT molecular complexity index is 231. The molecule has 0 radical (unpaired) electrons. The molecule has 0 unspecified atom stereocenters. The Morgan fingerprint density at radius 1 is 1.64 bits per heavy atom. The second kappa shape index (κ2) is 5.61. The summed E-state index contributed by atoms with van der Waals surface area (Å²) in [7, 11) is 0. The van der Waals surface area contributed by atoms with Crippen LogP contribution < -0.4 is 5.32 Å². The Labute approximate surface area is 84.9 Å². The van der Waals surface area contributed by atoms with Crippen LogP contribution in [0.25, 0.3) is 0 Å². The van der Waals surface area contributed by atoms with E-state index in [0.29, 0.717) is 6.54 Å². The summed E-state index contributed by atoms with van der Waals surface area (Å²) in [6.07, 6.45) is 1.60. The average molecular weight is 198 g/mol. The lowest BCUT2D eigenvalue weighted by molar-refractivity contribution is -0.138. The summed E-state index contributed by atoms with van der Waals surface area (Å²) >= 11 is 0. The maximum absolute atomic E-state index is 10.4. The number of rotatable bonds is 6. The van der Waals surface area contributed by atoms with Crippen LogP contribution in [0.2, 0.25) is 0 Å². The monoisotopic (exact) mass is 198 g/mol. The molecule has 80 valence electrons. The molecule has 0 saturated carbocycles. The fourth-order valence-electron chi connectivity index (χ4n) is 0.992. The van der Waals surface area contributed by atoms with Crippen LogP contribution in [-0.2, 0) is 4.79 Å². The number of nitriles is 1. The highest BCUT2D eigenvalue weighted by Crippen LogP contribution is 2.19. The third-order valence-electron chi connectivity index (χ3n) is 2.10. The van der Waals surface area contributed by atoms with Crippen LogP contribution in [0.3, 0.4) is 0 Å². The lowest BCUT2D eigenvalue weighted by Crippen LogP contribution is -2.34. The van der Waals surface area contributed by atoms with E-state index in [2.05, 4.69) is 11.4 Å². The first kappa shape index (κ1) is 12.9. The number of hydrogen-bond donors (Lipinski definition) is 2. The van der Waals surface area contributed by atoms with Crippen molar-refractivity contribution in [2.24, 2.45) is 5.41 Å². The predicted molar refractivity (Wildman–Crippen MR) is 53.7 cm³/mol. The van der Waals surface area contributed by atoms with Crippen molar-refractivity contribution in [3.63, 3.8) is 0 Å². The van der Waals surface area contributed by atoms with Gasteiger partial charge in [-0.05, 0) is 40.2 Å². The number of carbonyl (C=O) groups is 1. The molecule has 0 amide bonds. The molecule has 2 N–H and O–H groups in total. The van der Waals surface area contributed by atoms with Crippen molar-refractivity contribution >= 4 is 5.97 Å². The van der Waals surface area contributed by atoms with Gasteiger partial charge in [0.25, 0.3) is 0 Å². The number of nitrogens with one attached hydrogen (secondary N) is 1. The van der Waals surface area contributed by atoms with Gasteiger partial charge < -0.3 is 10.4 Å². The Kier molecular flexibility index (Phi) is 5.18. The molecule has 0 spiro atoms. The minimum atomic E-state index is -0.843. The fourth-order valence-corrected chi connectivity index (χ4v) is 0.992. The van der Waals surface area contributed by atoms with E-state index in [4.69, 9.17) is 10.4 Å². The van der Waals surface area contributed by atoms with Crippen molar-refractivity contribution in [1.82, 2.24) is 5.32 Å². The maximum atomic E-state index is 10.4. The molecular formula is C10H18N2O2. The molecule has 4 heteroatoms. The highest BCUT2D eigenvalue weighted by atomic mass is 16.4. The van der Waals surface area contributed by atoms with Gasteiger partial charge in [-0.2, -0.15) is 5.26 Å². The number of hydrogen-bond acceptors (Lipinski definition) is 3. The van der Waals surface area contributed by atoms with Crippen LogP contribution in [-0.4, -0.2) is 23.7 Å². The standard InChI is InChI=1S/C10H18N2O2/c1-8(9(13)14)12-6-4-5-10(2,3)7-11/h8,12H,4-6H2,1-3H3,(H,13,14)/t8-/m1/s1. The maximum Gasteiger partial charge on any atom is 0.320 e. The van der Waals surface area contributed by atoms with Crippen molar-refractivity contribution < 1.29 is 9.90 Å². The molecule has 0 saturated heterocycles. The fraction of sp³-hybridized carbons (Fsp3) is 0.800. The van der Waals surface area contributed by atoms with Gasteiger partial charge in [0.1, 0.15) is 6.04 Å². The lowest BCUT2D eigenvalue weighted by Gasteiger charge is -2.15. The van der Waals surface area contributed by atoms with Crippen molar-refractivity contribution in [1.29, 1.82) is 5.26 Å². The Balaban J connectivity index is 3.58. The number of carboxylic acid groups (broad SMARTS) is 1. The summed E-state index contributed by atoms with van der Waals surface area (Å²) in [5.74, 6) is -0.843. The predicted octanol–water partition coefficient (Wildman–Crippen LogP) is 1.38. The molecule has 0 aromatic carbocycles. The molecule has 0 bridgehead atoms. The second-order valence-corrected chi connectivity index (χ2v) is 4.11. The van der Waals surface area contributed by atoms with Gasteiger partial charge in [-0.1, -0.05) is 0 Å². The molecule has 0 aromatic rings. The van der Waals surface area contributed by atoms with E-state index >= 15 is 0 Å². The van der Waals surface area contributed by atoms with Crippen LogP contribution in [0.4, 0.5) is 0 Å². The zero-order valence-electron chi connectivity index (χ0n) is 9.00. The van der Waals surface area contributed by atoms with Crippen molar-refractivity contribution in [2.45, 2.75) is 39.7 Å². The number of aliphatic carboxylic acids is 1. The molecule has 0 aliphatic rings. The van der Waals surface area contributed by atoms with Gasteiger partial charge in [-0.25, -0.2) is 0 Å². The van der Waals surface area contributed by atoms with Crippen molar-refractivity contribution in [3.05, 3.63) is 0 Å². The Morgan fingerprint density at radius 2 is 2.21 bits per heavy atom. The first-order chi connectivity index (χ1) is 6.39. The van der Waals surface area contributed by atoms with E-state index in [0.717, 1.165) is 12.8 Å². The topological polar surface area (TPSA) is 73.1 Å². The Hall–Kier alpha value is -1.08. The summed E-state index contributed by atoms with van der Waals surface area (Å²) in [5.41, 5.74) is -0.311. The molecule has 4 nitrogen and oxygen atoms in total. The summed E-state index contributed by atoms with van der Waals surface area (Å²) in [6.45, 7) is 6.01. The van der Waals surface area contributed by atoms with Crippen LogP contribution >= 0.6 is 0 Å². The van der Waals surface area contributed by atoms with E-state index in [1.54, 1.807) is 6.92 Å². The smallest absolute Gasteiger partial charge is 0.320 e. The van der Waals surface area contributed by atoms with Gasteiger partial charge in [0.15, 0.2) is 0 Å². The first-order valence-electron chi connectivity index (χ1n) is 4.76. The average Bonchev–Trinajstić information content (AvgIpc) is 2.12. The molecular weight excluding hydrogens is 180 g/mol. The number of nitrogens with zero attached hydrogens (tertiary/aromatic N) is 1. The highest BCUT2D eigenvalue weighted by Gasteiger charge is 2.16. The van der Waals surface area contributed by atoms with Gasteiger partial charge in [0.05, 0.1) is 11.5 Å². The highest BCUT2D eigenvalue weighted by molar-refractivity contribution is 5.72. The van der Waals surface area contributed by atoms with Crippen LogP contribution in [0, 0.1) is 16.7 Å². The summed E-state index contributed by atoms with van der Waals surface area (Å²) in [6, 6.07) is 1.69. The quantitative estimate of drug-likeness (QED) is 0.632. The molecule has 14 heavy (non-hydrogen) atoms. The van der Waals surface area contributed by atoms with Crippen LogP contribution in [0.5, 0.6) is 0 Å². The van der Waals surface area contributed by atoms with Gasteiger partial charge in [-0.15, -0.1) is 0 Å². The minimum Gasteiger partial charge on any atom is -0.480 e. The van der Waals surface area contributed by atoms with E-state index in [-0.39, 0.29) is 5.41 Å². The zero-order chi connectivity index (χ0) is 11.2. The van der Waals surface area contributed by atoms with E-state index in [1.807, 2.05) is 13.8 Å². The van der Waals surface area contributed by atoms with Gasteiger partial charge in [-0.3, -0.25) is 4.79 Å². The largest absolute Gasteiger partial charge is 0.480 e. The Morgan fingerprint density at radius 3 is 2.64 bits per heavy atom. The van der Waals surface area contributed by atoms with E-state index < -0.39 is 12.0 Å². The third-order valence-corrected chi connectivity index (χ3v) is 2.10. The second-order valence-electron chi connectivity index (χ2n) is 4.11. The minimum absolute atomic E-state index is 0.311. The van der Waals surface area contributed by atoms with Gasteiger partial charge in [0, 0.05) is 0 Å². The summed E-state index contributed by atoms with van der Waals surface area (Å²) < 4.78 is 0. The normalized spacial score (nSPS) is 13.3. The van der Waals surface area contributed by atoms with E-state index in [1.165, 1.54) is 0 Å². The first-order valence-corrected chi connectivity index (χ1v) is 4.76. The van der Waals surface area contributed by atoms with Gasteiger partial charge >= 0.3 is 5.97 Å². The SMILES string of the molecule is C[C@@H](NCCCC(C)(C)C#N)C(=O)O. The molecule has 0 rings (SSSR count). The molecule has 0 aliphatic carbocycles. The van der Waals surface area contributed by atoms with Crippen LogP contribution in [0.1, 0.15) is 33.6 Å². The lowest BCUT2D eigenvalue weighted by atomic mass is 9.90. The molecule has 0 fully saturated rings. The van der Waals surface area contributed by atoms with E-state index in [9.17, 15) is 4.79 Å². The molecule has 0 aromatic heterocycles. The van der Waals surface area contributed by atoms with Crippen molar-refractivity contribution in [2.75, 3.05) is 6.54 Å². The summed E-state index contributed by atoms with van der Waals surface area (Å²) in [4.78, 5) is 10.4. The molecule has 0 heterocycles. The zero-order valence-corrected chi connectivity index (χ0v) is 9.00. The number of carboxylic acids is 1. The third kappa shape index (κ3) is 5.55. The molecule has 1 atom stereocenters. The van der Waals surface area contributed by atoms with Crippen LogP contribution in [0.15, 0.2) is 0 Å². The summed E-state index contributed by atoms with van der Waals surface area (Å²) in [5, 5.41) is 20.2.